The van der Waals surface area contributed by atoms with E-state index in [1.54, 1.807) is 0 Å². The molecule has 6 rings (SSSR count). The summed E-state index contributed by atoms with van der Waals surface area (Å²) < 4.78 is 1.11. The highest BCUT2D eigenvalue weighted by atomic mass is 16.1. The van der Waals surface area contributed by atoms with Gasteiger partial charge in [-0.25, -0.2) is 0 Å². The third-order valence-electron chi connectivity index (χ3n) is 15.1. The molecule has 0 aromatic heterocycles. The molecule has 1 aromatic rings. The van der Waals surface area contributed by atoms with Gasteiger partial charge in [-0.05, 0) is 129 Å². The minimum atomic E-state index is 0.316. The van der Waals surface area contributed by atoms with Crippen LogP contribution in [0.1, 0.15) is 143 Å². The van der Waals surface area contributed by atoms with Crippen LogP contribution < -0.4 is 9.80 Å². The van der Waals surface area contributed by atoms with Crippen LogP contribution >= 0.6 is 0 Å². The van der Waals surface area contributed by atoms with Gasteiger partial charge in [0, 0.05) is 25.3 Å². The molecular formula is C41H67N2O+. The van der Waals surface area contributed by atoms with Gasteiger partial charge in [0.1, 0.15) is 5.69 Å². The van der Waals surface area contributed by atoms with Gasteiger partial charge in [-0.3, -0.25) is 9.28 Å². The van der Waals surface area contributed by atoms with E-state index < -0.39 is 0 Å². The smallest absolute Gasteiger partial charge is 0.220 e. The first-order valence-corrected chi connectivity index (χ1v) is 19.5. The molecule has 246 valence electrons. The van der Waals surface area contributed by atoms with Gasteiger partial charge in [0.25, 0.3) is 0 Å². The van der Waals surface area contributed by atoms with Gasteiger partial charge in [-0.2, -0.15) is 0 Å². The largest absolute Gasteiger partial charge is 0.353 e. The Labute approximate surface area is 271 Å². The Morgan fingerprint density at radius 2 is 1.64 bits per heavy atom. The van der Waals surface area contributed by atoms with E-state index in [1.165, 1.54) is 102 Å². The van der Waals surface area contributed by atoms with Crippen molar-refractivity contribution in [2.45, 2.75) is 149 Å². The third kappa shape index (κ3) is 6.31. The number of unbranched alkanes of at least 4 members (excludes halogenated alkanes) is 3. The number of piperidine rings is 1. The summed E-state index contributed by atoms with van der Waals surface area (Å²) >= 11 is 0. The molecule has 1 aromatic carbocycles. The summed E-state index contributed by atoms with van der Waals surface area (Å²) in [5, 5.41) is 3.52. The van der Waals surface area contributed by atoms with Crippen molar-refractivity contribution in [1.29, 1.82) is 0 Å². The minimum absolute atomic E-state index is 0.316. The van der Waals surface area contributed by atoms with Crippen molar-refractivity contribution >= 4 is 11.6 Å². The monoisotopic (exact) mass is 604 g/mol. The van der Waals surface area contributed by atoms with Crippen LogP contribution in [0.4, 0.5) is 5.69 Å². The van der Waals surface area contributed by atoms with Gasteiger partial charge in [-0.15, -0.1) is 0 Å². The summed E-state index contributed by atoms with van der Waals surface area (Å²) in [5.41, 5.74) is 2.62. The predicted molar refractivity (Wildman–Crippen MR) is 186 cm³/mol. The zero-order chi connectivity index (χ0) is 30.8. The fourth-order valence-corrected chi connectivity index (χ4v) is 12.5. The van der Waals surface area contributed by atoms with Gasteiger partial charge >= 0.3 is 0 Å². The van der Waals surface area contributed by atoms with Crippen LogP contribution in [0.25, 0.3) is 0 Å². The molecule has 4 saturated carbocycles. The zero-order valence-electron chi connectivity index (χ0n) is 29.1. The fourth-order valence-electron chi connectivity index (χ4n) is 12.5. The molecule has 1 N–H and O–H groups in total. The van der Waals surface area contributed by atoms with E-state index in [0.29, 0.717) is 28.7 Å². The summed E-state index contributed by atoms with van der Waals surface area (Å²) in [5.74, 6) is 5.71. The number of fused-ring (bicyclic) bond motifs is 5. The maximum atomic E-state index is 13.3. The molecule has 0 radical (unpaired) electrons. The molecule has 3 nitrogen and oxygen atoms in total. The highest BCUT2D eigenvalue weighted by molar-refractivity contribution is 5.76. The Balaban J connectivity index is 0.993. The topological polar surface area (TPSA) is 29.1 Å². The maximum Gasteiger partial charge on any atom is 0.220 e. The van der Waals surface area contributed by atoms with E-state index in [-0.39, 0.29) is 0 Å². The van der Waals surface area contributed by atoms with E-state index in [2.05, 4.69) is 63.3 Å². The van der Waals surface area contributed by atoms with Gasteiger partial charge in [-0.1, -0.05) is 71.6 Å². The van der Waals surface area contributed by atoms with Crippen molar-refractivity contribution in [3.05, 3.63) is 30.3 Å². The lowest BCUT2D eigenvalue weighted by molar-refractivity contribution is -0.123. The molecule has 1 aliphatic heterocycles. The van der Waals surface area contributed by atoms with Crippen LogP contribution in [0.2, 0.25) is 0 Å². The highest BCUT2D eigenvalue weighted by Crippen LogP contribution is 2.68. The van der Waals surface area contributed by atoms with Gasteiger partial charge < -0.3 is 5.32 Å². The van der Waals surface area contributed by atoms with Gasteiger partial charge in [0.05, 0.1) is 19.6 Å². The molecule has 8 atom stereocenters. The summed E-state index contributed by atoms with van der Waals surface area (Å²) in [6.07, 6.45) is 24.1. The highest BCUT2D eigenvalue weighted by Gasteiger charge is 2.60. The number of amides is 1. The van der Waals surface area contributed by atoms with Crippen LogP contribution in [-0.2, 0) is 4.79 Å². The second-order valence-electron chi connectivity index (χ2n) is 17.2. The number of nitrogens with zero attached hydrogens (tertiary/aromatic N) is 1. The Bertz CT molecular complexity index is 1080. The Kier molecular flexibility index (Phi) is 10.2. The lowest BCUT2D eigenvalue weighted by Crippen LogP contribution is -2.58. The van der Waals surface area contributed by atoms with Crippen LogP contribution in [0, 0.1) is 46.3 Å². The number of benzene rings is 1. The number of quaternary nitrogens is 1. The molecule has 1 amide bonds. The van der Waals surface area contributed by atoms with Crippen LogP contribution in [0.5, 0.6) is 0 Å². The summed E-state index contributed by atoms with van der Waals surface area (Å²) in [6, 6.07) is 11.6. The van der Waals surface area contributed by atoms with Crippen molar-refractivity contribution < 1.29 is 4.79 Å². The second-order valence-corrected chi connectivity index (χ2v) is 17.2. The molecule has 0 spiro atoms. The average Bonchev–Trinajstić information content (AvgIpc) is 3.40. The molecule has 1 heterocycles. The molecule has 44 heavy (non-hydrogen) atoms. The first kappa shape index (κ1) is 32.6. The van der Waals surface area contributed by atoms with Crippen molar-refractivity contribution in [3.8, 4) is 0 Å². The summed E-state index contributed by atoms with van der Waals surface area (Å²) in [6.45, 7) is 13.8. The van der Waals surface area contributed by atoms with Crippen molar-refractivity contribution in [2.75, 3.05) is 19.6 Å². The van der Waals surface area contributed by atoms with Crippen LogP contribution in [-0.4, -0.2) is 31.6 Å². The van der Waals surface area contributed by atoms with E-state index in [0.717, 1.165) is 72.8 Å². The first-order valence-electron chi connectivity index (χ1n) is 19.5. The van der Waals surface area contributed by atoms with Crippen molar-refractivity contribution in [2.24, 2.45) is 46.3 Å². The van der Waals surface area contributed by atoms with E-state index in [4.69, 9.17) is 0 Å². The maximum absolute atomic E-state index is 13.3. The molecule has 1 saturated heterocycles. The van der Waals surface area contributed by atoms with E-state index in [9.17, 15) is 4.79 Å². The number of para-hydroxylation sites is 1. The predicted octanol–water partition coefficient (Wildman–Crippen LogP) is 10.3. The fraction of sp³-hybridized carbons (Fsp3) is 0.829. The number of likely N-dealkylation sites (tertiary alicyclic amines) is 1. The molecule has 5 fully saturated rings. The Morgan fingerprint density at radius 1 is 0.864 bits per heavy atom. The number of nitrogens with one attached hydrogen (secondary N) is 1. The lowest BCUT2D eigenvalue weighted by Gasteiger charge is -2.61. The second kappa shape index (κ2) is 13.8. The summed E-state index contributed by atoms with van der Waals surface area (Å²) in [4.78, 5) is 13.3. The normalized spacial score (nSPS) is 40.8. The quantitative estimate of drug-likeness (QED) is 0.198. The SMILES string of the molecule is CCCCCC[N+]1(c2ccccc2)CCC(NC(=O)CCC(C)[C@H]2CC[C@H]3[C@@H]4CCC5CCCC[C@]5(C)[C@H]4CC[C@]23C)CC1. The van der Waals surface area contributed by atoms with Crippen LogP contribution in [0.15, 0.2) is 30.3 Å². The molecule has 0 bridgehead atoms. The van der Waals surface area contributed by atoms with E-state index in [1.807, 2.05) is 0 Å². The molecule has 5 aliphatic rings. The number of carbonyl (C=O) groups is 1. The third-order valence-corrected chi connectivity index (χ3v) is 15.1. The Hall–Kier alpha value is -1.35. The standard InChI is InChI=1S/C41H66N2O/c1-5-6-7-13-28-43(34-15-9-8-10-16-34)29-24-33(25-30-43)42-39(44)22-17-31(2)36-20-21-37-35-19-18-32-14-11-12-26-40(32,3)38(35)23-27-41(36,37)4/h8-10,15-16,31-33,35-38H,5-7,11-14,17-30H2,1-4H3/p+1/t31?,32?,33?,35-,36+,37-,38-,40-,41+,43?/m0/s1. The number of hydrogen-bond acceptors (Lipinski definition) is 1. The molecule has 3 heteroatoms. The lowest BCUT2D eigenvalue weighted by atomic mass is 9.44. The Morgan fingerprint density at radius 3 is 2.41 bits per heavy atom. The van der Waals surface area contributed by atoms with E-state index >= 15 is 0 Å². The average molecular weight is 604 g/mol. The molecule has 4 aliphatic carbocycles. The van der Waals surface area contributed by atoms with Gasteiger partial charge in [0.15, 0.2) is 0 Å². The molecular weight excluding hydrogens is 536 g/mol. The molecule has 2 unspecified atom stereocenters. The first-order chi connectivity index (χ1) is 21.3. The summed E-state index contributed by atoms with van der Waals surface area (Å²) in [7, 11) is 0. The van der Waals surface area contributed by atoms with Crippen molar-refractivity contribution in [3.63, 3.8) is 0 Å². The minimum Gasteiger partial charge on any atom is -0.353 e. The van der Waals surface area contributed by atoms with Crippen LogP contribution in [0.3, 0.4) is 0 Å². The number of carbonyl (C=O) groups excluding carboxylic acids is 1. The number of hydrogen-bond donors (Lipinski definition) is 1. The zero-order valence-corrected chi connectivity index (χ0v) is 29.1. The van der Waals surface area contributed by atoms with Crippen molar-refractivity contribution in [1.82, 2.24) is 9.80 Å². The number of rotatable bonds is 11. The van der Waals surface area contributed by atoms with Gasteiger partial charge in [0.2, 0.25) is 5.91 Å².